The van der Waals surface area contributed by atoms with E-state index in [1.54, 1.807) is 11.3 Å². The monoisotopic (exact) mass is 302 g/mol. The highest BCUT2D eigenvalue weighted by Crippen LogP contribution is 2.27. The minimum absolute atomic E-state index is 0.412. The van der Waals surface area contributed by atoms with Crippen molar-refractivity contribution < 1.29 is 4.74 Å². The second-order valence-corrected chi connectivity index (χ2v) is 6.50. The van der Waals surface area contributed by atoms with Crippen molar-refractivity contribution in [2.45, 2.75) is 44.9 Å². The van der Waals surface area contributed by atoms with Crippen molar-refractivity contribution in [3.63, 3.8) is 0 Å². The van der Waals surface area contributed by atoms with Gasteiger partial charge in [0, 0.05) is 24.0 Å². The molecule has 21 heavy (non-hydrogen) atoms. The molecular formula is C17H22N2OS. The highest BCUT2D eigenvalue weighted by atomic mass is 32.1. The molecule has 4 heteroatoms. The molecule has 112 valence electrons. The second-order valence-electron chi connectivity index (χ2n) is 5.78. The van der Waals surface area contributed by atoms with E-state index in [1.807, 2.05) is 5.51 Å². The molecule has 3 nitrogen and oxygen atoms in total. The lowest BCUT2D eigenvalue weighted by Crippen LogP contribution is -2.19. The molecule has 1 aliphatic rings. The molecular weight excluding hydrogens is 280 g/mol. The Hall–Kier alpha value is -1.39. The van der Waals surface area contributed by atoms with Gasteiger partial charge < -0.3 is 4.74 Å². The fraction of sp³-hybridized carbons (Fsp3) is 0.471. The topological polar surface area (TPSA) is 25.4 Å². The van der Waals surface area contributed by atoms with Crippen LogP contribution in [0, 0.1) is 0 Å². The Bertz CT molecular complexity index is 550. The summed E-state index contributed by atoms with van der Waals surface area (Å²) >= 11 is 1.65. The van der Waals surface area contributed by atoms with Crippen molar-refractivity contribution >= 4 is 11.3 Å². The molecule has 1 aliphatic carbocycles. The molecule has 0 atom stereocenters. The molecule has 1 aromatic heterocycles. The minimum atomic E-state index is 0.412. The number of hydrogen-bond acceptors (Lipinski definition) is 4. The number of hydrogen-bond donors (Lipinski definition) is 0. The molecule has 1 fully saturated rings. The fourth-order valence-corrected chi connectivity index (χ4v) is 3.42. The summed E-state index contributed by atoms with van der Waals surface area (Å²) in [5.74, 6) is 1.05. The molecule has 0 radical (unpaired) electrons. The summed E-state index contributed by atoms with van der Waals surface area (Å²) in [5, 5.41) is 2.11. The van der Waals surface area contributed by atoms with Crippen LogP contribution in [0.3, 0.4) is 0 Å². The first-order valence-corrected chi connectivity index (χ1v) is 8.56. The number of aromatic nitrogens is 1. The van der Waals surface area contributed by atoms with E-state index < -0.39 is 0 Å². The van der Waals surface area contributed by atoms with E-state index in [0.29, 0.717) is 6.10 Å². The average molecular weight is 302 g/mol. The van der Waals surface area contributed by atoms with Crippen LogP contribution in [0.25, 0.3) is 0 Å². The van der Waals surface area contributed by atoms with Crippen LogP contribution in [0.5, 0.6) is 5.75 Å². The van der Waals surface area contributed by atoms with Gasteiger partial charge in [0.15, 0.2) is 0 Å². The normalized spacial score (nSPS) is 15.7. The predicted molar refractivity (Wildman–Crippen MR) is 86.6 cm³/mol. The summed E-state index contributed by atoms with van der Waals surface area (Å²) < 4.78 is 6.20. The molecule has 0 bridgehead atoms. The number of thiazole rings is 1. The summed E-state index contributed by atoms with van der Waals surface area (Å²) in [6, 6.07) is 8.42. The maximum atomic E-state index is 6.20. The van der Waals surface area contributed by atoms with Gasteiger partial charge in [0.2, 0.25) is 0 Å². The lowest BCUT2D eigenvalue weighted by molar-refractivity contribution is 0.203. The van der Waals surface area contributed by atoms with E-state index in [4.69, 9.17) is 4.74 Å². The SMILES string of the molecule is CN(Cc1cscn1)Cc1ccccc1OC1CCCC1. The zero-order valence-corrected chi connectivity index (χ0v) is 13.3. The van der Waals surface area contributed by atoms with Gasteiger partial charge in [0.25, 0.3) is 0 Å². The van der Waals surface area contributed by atoms with Gasteiger partial charge in [0.1, 0.15) is 5.75 Å². The highest BCUT2D eigenvalue weighted by Gasteiger charge is 2.18. The molecule has 0 N–H and O–H groups in total. The van der Waals surface area contributed by atoms with Gasteiger partial charge in [-0.3, -0.25) is 4.90 Å². The summed E-state index contributed by atoms with van der Waals surface area (Å²) in [7, 11) is 2.13. The first-order valence-electron chi connectivity index (χ1n) is 7.61. The van der Waals surface area contributed by atoms with Gasteiger partial charge >= 0.3 is 0 Å². The number of benzene rings is 1. The third-order valence-corrected chi connectivity index (χ3v) is 4.56. The summed E-state index contributed by atoms with van der Waals surface area (Å²) in [4.78, 5) is 6.63. The van der Waals surface area contributed by atoms with Crippen LogP contribution < -0.4 is 4.74 Å². The van der Waals surface area contributed by atoms with Crippen LogP contribution in [-0.4, -0.2) is 23.0 Å². The first kappa shape index (κ1) is 14.5. The molecule has 0 aliphatic heterocycles. The number of para-hydroxylation sites is 1. The summed E-state index contributed by atoms with van der Waals surface area (Å²) in [6.07, 6.45) is 5.41. The Kier molecular flexibility index (Phi) is 4.88. The van der Waals surface area contributed by atoms with Crippen LogP contribution in [0.4, 0.5) is 0 Å². The lowest BCUT2D eigenvalue weighted by Gasteiger charge is -2.20. The zero-order valence-electron chi connectivity index (χ0n) is 12.5. The Balaban J connectivity index is 1.63. The minimum Gasteiger partial charge on any atom is -0.490 e. The van der Waals surface area contributed by atoms with Gasteiger partial charge in [-0.15, -0.1) is 11.3 Å². The van der Waals surface area contributed by atoms with Crippen LogP contribution in [0.1, 0.15) is 36.9 Å². The lowest BCUT2D eigenvalue weighted by atomic mass is 10.2. The molecule has 2 aromatic rings. The van der Waals surface area contributed by atoms with E-state index in [2.05, 4.69) is 46.6 Å². The van der Waals surface area contributed by atoms with E-state index in [9.17, 15) is 0 Å². The third-order valence-electron chi connectivity index (χ3n) is 3.92. The molecule has 3 rings (SSSR count). The van der Waals surface area contributed by atoms with Crippen molar-refractivity contribution in [1.82, 2.24) is 9.88 Å². The Morgan fingerprint density at radius 3 is 2.81 bits per heavy atom. The molecule has 0 unspecified atom stereocenters. The molecule has 0 saturated heterocycles. The molecule has 0 amide bonds. The maximum Gasteiger partial charge on any atom is 0.124 e. The van der Waals surface area contributed by atoms with Crippen LogP contribution >= 0.6 is 11.3 Å². The van der Waals surface area contributed by atoms with Gasteiger partial charge in [0.05, 0.1) is 17.3 Å². The summed E-state index contributed by atoms with van der Waals surface area (Å²) in [5.41, 5.74) is 4.29. The Morgan fingerprint density at radius 1 is 1.24 bits per heavy atom. The van der Waals surface area contributed by atoms with Crippen LogP contribution in [-0.2, 0) is 13.1 Å². The van der Waals surface area contributed by atoms with Crippen molar-refractivity contribution in [2.24, 2.45) is 0 Å². The van der Waals surface area contributed by atoms with E-state index in [-0.39, 0.29) is 0 Å². The second kappa shape index (κ2) is 7.05. The zero-order chi connectivity index (χ0) is 14.5. The Morgan fingerprint density at radius 2 is 2.05 bits per heavy atom. The molecule has 0 spiro atoms. The Labute approximate surface area is 130 Å². The van der Waals surface area contributed by atoms with Crippen molar-refractivity contribution in [3.8, 4) is 5.75 Å². The highest BCUT2D eigenvalue weighted by molar-refractivity contribution is 7.07. The molecule has 1 aromatic carbocycles. The van der Waals surface area contributed by atoms with E-state index >= 15 is 0 Å². The maximum absolute atomic E-state index is 6.20. The van der Waals surface area contributed by atoms with Crippen molar-refractivity contribution in [2.75, 3.05) is 7.05 Å². The van der Waals surface area contributed by atoms with Gasteiger partial charge in [-0.2, -0.15) is 0 Å². The molecule has 1 heterocycles. The smallest absolute Gasteiger partial charge is 0.124 e. The number of nitrogens with zero attached hydrogens (tertiary/aromatic N) is 2. The largest absolute Gasteiger partial charge is 0.490 e. The van der Waals surface area contributed by atoms with Crippen molar-refractivity contribution in [3.05, 3.63) is 46.4 Å². The fourth-order valence-electron chi connectivity index (χ4n) is 2.87. The third kappa shape index (κ3) is 4.05. The van der Waals surface area contributed by atoms with Gasteiger partial charge in [-0.25, -0.2) is 4.98 Å². The van der Waals surface area contributed by atoms with Crippen LogP contribution in [0.2, 0.25) is 0 Å². The number of rotatable bonds is 6. The van der Waals surface area contributed by atoms with E-state index in [0.717, 1.165) is 24.5 Å². The number of ether oxygens (including phenoxy) is 1. The van der Waals surface area contributed by atoms with E-state index in [1.165, 1.54) is 31.2 Å². The van der Waals surface area contributed by atoms with Crippen LogP contribution in [0.15, 0.2) is 35.2 Å². The summed E-state index contributed by atoms with van der Waals surface area (Å²) in [6.45, 7) is 1.77. The predicted octanol–water partition coefficient (Wildman–Crippen LogP) is 4.10. The van der Waals surface area contributed by atoms with Gasteiger partial charge in [-0.1, -0.05) is 18.2 Å². The van der Waals surface area contributed by atoms with Crippen molar-refractivity contribution in [1.29, 1.82) is 0 Å². The van der Waals surface area contributed by atoms with Gasteiger partial charge in [-0.05, 0) is 38.8 Å². The first-order chi connectivity index (χ1) is 10.3. The standard InChI is InChI=1S/C17H22N2OS/c1-19(11-15-12-21-13-18-15)10-14-6-2-5-9-17(14)20-16-7-3-4-8-16/h2,5-6,9,12-13,16H,3-4,7-8,10-11H2,1H3. The average Bonchev–Trinajstić information content (AvgIpc) is 3.14. The quantitative estimate of drug-likeness (QED) is 0.803. The molecule has 1 saturated carbocycles.